The van der Waals surface area contributed by atoms with Gasteiger partial charge in [0.05, 0.1) is 15.4 Å². The summed E-state index contributed by atoms with van der Waals surface area (Å²) in [6, 6.07) is 20.5. The monoisotopic (exact) mass is 726 g/mol. The first-order valence-corrected chi connectivity index (χ1v) is 17.3. The summed E-state index contributed by atoms with van der Waals surface area (Å²) >= 11 is 1.67. The number of aromatic carboxylic acids is 1. The zero-order chi connectivity index (χ0) is 36.1. The predicted octanol–water partition coefficient (Wildman–Crippen LogP) is 6.02. The minimum absolute atomic E-state index is 0.0469. The lowest BCUT2D eigenvalue weighted by atomic mass is 10.1. The van der Waals surface area contributed by atoms with Crippen molar-refractivity contribution in [3.05, 3.63) is 105 Å². The van der Waals surface area contributed by atoms with Crippen LogP contribution in [0.3, 0.4) is 0 Å². The summed E-state index contributed by atoms with van der Waals surface area (Å²) in [5.74, 6) is 0.279. The fourth-order valence-corrected chi connectivity index (χ4v) is 6.58. The second-order valence-electron chi connectivity index (χ2n) is 11.5. The summed E-state index contributed by atoms with van der Waals surface area (Å²) in [6.45, 7) is 3.40. The number of carboxylic acids is 1. The first kappa shape index (κ1) is 35.2. The van der Waals surface area contributed by atoms with Gasteiger partial charge in [-0.05, 0) is 92.1 Å². The maximum Gasteiger partial charge on any atom is 0.335 e. The van der Waals surface area contributed by atoms with Gasteiger partial charge in [-0.25, -0.2) is 4.79 Å². The maximum atomic E-state index is 12.8. The SMILES string of the molecule is CN1CCCN(C(=O)c2ccc(-c3ccc(/C=C4\SC(=O)NC4=O)o3)cc2)CC1.O=C1NC(=O)/C(=C/c2ccc(-c3ccc(C(=O)O)cc3)o2)S1. The van der Waals surface area contributed by atoms with E-state index in [1.165, 1.54) is 18.2 Å². The molecule has 3 aliphatic heterocycles. The van der Waals surface area contributed by atoms with Crippen molar-refractivity contribution in [2.75, 3.05) is 33.2 Å². The van der Waals surface area contributed by atoms with E-state index in [1.807, 2.05) is 29.2 Å². The van der Waals surface area contributed by atoms with Gasteiger partial charge in [0.2, 0.25) is 0 Å². The Bertz CT molecular complexity index is 2080. The normalized spacial score (nSPS) is 18.0. The van der Waals surface area contributed by atoms with Crippen molar-refractivity contribution in [1.29, 1.82) is 0 Å². The highest BCUT2D eigenvalue weighted by atomic mass is 32.2. The number of carboxylic acid groups (broad SMARTS) is 1. The Morgan fingerprint density at radius 2 is 1.16 bits per heavy atom. The molecule has 0 aliphatic carbocycles. The van der Waals surface area contributed by atoms with Crippen molar-refractivity contribution < 1.29 is 42.7 Å². The third kappa shape index (κ3) is 8.75. The molecule has 5 amide bonds. The molecule has 0 spiro atoms. The van der Waals surface area contributed by atoms with Gasteiger partial charge in [0.1, 0.15) is 23.0 Å². The number of amides is 5. The van der Waals surface area contributed by atoms with Gasteiger partial charge in [-0.3, -0.25) is 34.6 Å². The number of nitrogens with one attached hydrogen (secondary N) is 2. The molecule has 0 unspecified atom stereocenters. The Morgan fingerprint density at radius 3 is 1.61 bits per heavy atom. The van der Waals surface area contributed by atoms with E-state index in [0.717, 1.165) is 61.7 Å². The van der Waals surface area contributed by atoms with Crippen LogP contribution in [0.25, 0.3) is 34.8 Å². The molecule has 0 saturated carbocycles. The van der Waals surface area contributed by atoms with Crippen LogP contribution < -0.4 is 10.6 Å². The van der Waals surface area contributed by atoms with Gasteiger partial charge in [-0.15, -0.1) is 0 Å². The number of nitrogens with zero attached hydrogens (tertiary/aromatic N) is 2. The molecule has 0 radical (unpaired) electrons. The average molecular weight is 727 g/mol. The van der Waals surface area contributed by atoms with Gasteiger partial charge in [-0.2, -0.15) is 0 Å². The highest BCUT2D eigenvalue weighted by molar-refractivity contribution is 8.18. The molecular weight excluding hydrogens is 697 g/mol. The van der Waals surface area contributed by atoms with Gasteiger partial charge < -0.3 is 23.7 Å². The molecule has 3 fully saturated rings. The molecular formula is C36H30N4O9S2. The van der Waals surface area contributed by atoms with E-state index < -0.39 is 23.0 Å². The van der Waals surface area contributed by atoms with Gasteiger partial charge in [0.15, 0.2) is 0 Å². The van der Waals surface area contributed by atoms with Crippen LogP contribution in [0.2, 0.25) is 0 Å². The fraction of sp³-hybridized carbons (Fsp3) is 0.167. The first-order chi connectivity index (χ1) is 24.5. The number of carbonyl (C=O) groups excluding carboxylic acids is 5. The Balaban J connectivity index is 0.000000183. The van der Waals surface area contributed by atoms with Crippen molar-refractivity contribution in [3.63, 3.8) is 0 Å². The molecule has 13 nitrogen and oxygen atoms in total. The molecule has 2 aromatic carbocycles. The van der Waals surface area contributed by atoms with E-state index >= 15 is 0 Å². The van der Waals surface area contributed by atoms with Crippen LogP contribution in [-0.4, -0.2) is 82.3 Å². The molecule has 51 heavy (non-hydrogen) atoms. The van der Waals surface area contributed by atoms with Gasteiger partial charge >= 0.3 is 5.97 Å². The van der Waals surface area contributed by atoms with Crippen molar-refractivity contribution in [2.24, 2.45) is 0 Å². The minimum atomic E-state index is -0.995. The number of imide groups is 2. The van der Waals surface area contributed by atoms with Crippen molar-refractivity contribution in [3.8, 4) is 22.6 Å². The van der Waals surface area contributed by atoms with Crippen LogP contribution in [0, 0.1) is 0 Å². The number of benzene rings is 2. The third-order valence-electron chi connectivity index (χ3n) is 7.92. The molecule has 0 atom stereocenters. The first-order valence-electron chi connectivity index (χ1n) is 15.6. The highest BCUT2D eigenvalue weighted by Gasteiger charge is 2.26. The summed E-state index contributed by atoms with van der Waals surface area (Å²) in [6.07, 6.45) is 4.01. The summed E-state index contributed by atoms with van der Waals surface area (Å²) in [7, 11) is 2.08. The molecule has 260 valence electrons. The lowest BCUT2D eigenvalue weighted by molar-refractivity contribution is -0.116. The lowest BCUT2D eigenvalue weighted by Gasteiger charge is -2.20. The van der Waals surface area contributed by atoms with E-state index in [0.29, 0.717) is 39.1 Å². The number of rotatable bonds is 6. The van der Waals surface area contributed by atoms with Crippen molar-refractivity contribution in [1.82, 2.24) is 20.4 Å². The van der Waals surface area contributed by atoms with Crippen molar-refractivity contribution in [2.45, 2.75) is 6.42 Å². The van der Waals surface area contributed by atoms with Crippen LogP contribution in [0.15, 0.2) is 91.4 Å². The summed E-state index contributed by atoms with van der Waals surface area (Å²) in [5, 5.41) is 12.4. The zero-order valence-electron chi connectivity index (χ0n) is 27.0. The molecule has 2 aromatic heterocycles. The largest absolute Gasteiger partial charge is 0.478 e. The molecule has 3 aliphatic rings. The van der Waals surface area contributed by atoms with Gasteiger partial charge in [0, 0.05) is 48.5 Å². The Hall–Kier alpha value is -5.64. The van der Waals surface area contributed by atoms with Crippen LogP contribution in [0.4, 0.5) is 9.59 Å². The number of hydrogen-bond acceptors (Lipinski definition) is 11. The minimum Gasteiger partial charge on any atom is -0.478 e. The van der Waals surface area contributed by atoms with E-state index in [2.05, 4.69) is 22.6 Å². The van der Waals surface area contributed by atoms with Crippen LogP contribution in [0.1, 0.15) is 38.7 Å². The second-order valence-corrected chi connectivity index (χ2v) is 13.5. The van der Waals surface area contributed by atoms with Gasteiger partial charge in [-0.1, -0.05) is 24.3 Å². The summed E-state index contributed by atoms with van der Waals surface area (Å²) < 4.78 is 11.4. The Labute approximate surface area is 299 Å². The predicted molar refractivity (Wildman–Crippen MR) is 191 cm³/mol. The van der Waals surface area contributed by atoms with Crippen molar-refractivity contribution >= 4 is 69.8 Å². The molecule has 3 N–H and O–H groups in total. The molecule has 0 bridgehead atoms. The third-order valence-corrected chi connectivity index (χ3v) is 9.55. The Morgan fingerprint density at radius 1 is 0.667 bits per heavy atom. The highest BCUT2D eigenvalue weighted by Crippen LogP contribution is 2.30. The lowest BCUT2D eigenvalue weighted by Crippen LogP contribution is -2.34. The number of carbonyl (C=O) groups is 6. The molecule has 15 heteroatoms. The standard InChI is InChI=1S/C21H21N3O4S.C15H9NO5S/c1-23-9-2-10-24(12-11-23)20(26)15-5-3-14(4-6-15)17-8-7-16(28-17)13-18-19(25)22-21(27)29-18;17-13-12(22-15(20)16-13)7-10-5-6-11(21-10)8-1-3-9(4-2-8)14(18)19/h3-8,13H,2,9-12H2,1H3,(H,22,25,27);1-7H,(H,18,19)(H,16,17,20)/b18-13-;12-7-. The average Bonchev–Trinajstić information content (AvgIpc) is 3.88. The second kappa shape index (κ2) is 15.5. The molecule has 4 aromatic rings. The molecule has 3 saturated heterocycles. The fourth-order valence-electron chi connectivity index (χ4n) is 5.26. The topological polar surface area (TPSA) is 179 Å². The smallest absolute Gasteiger partial charge is 0.335 e. The van der Waals surface area contributed by atoms with E-state index in [9.17, 15) is 28.8 Å². The zero-order valence-corrected chi connectivity index (χ0v) is 28.7. The van der Waals surface area contributed by atoms with Crippen LogP contribution >= 0.6 is 23.5 Å². The quantitative estimate of drug-likeness (QED) is 0.197. The summed E-state index contributed by atoms with van der Waals surface area (Å²) in [5.41, 5.74) is 2.40. The van der Waals surface area contributed by atoms with E-state index in [-0.39, 0.29) is 21.6 Å². The number of thioether (sulfide) groups is 2. The van der Waals surface area contributed by atoms with Gasteiger partial charge in [0.25, 0.3) is 28.2 Å². The number of furan rings is 2. The molecule has 7 rings (SSSR count). The maximum absolute atomic E-state index is 12.8. The van der Waals surface area contributed by atoms with Crippen LogP contribution in [0.5, 0.6) is 0 Å². The number of hydrogen-bond donors (Lipinski definition) is 3. The Kier molecular flexibility index (Phi) is 10.7. The number of likely N-dealkylation sites (N-methyl/N-ethyl adjacent to an activating group) is 1. The van der Waals surface area contributed by atoms with E-state index in [1.54, 1.807) is 42.5 Å². The summed E-state index contributed by atoms with van der Waals surface area (Å²) in [4.78, 5) is 73.7. The molecule has 5 heterocycles. The van der Waals surface area contributed by atoms with E-state index in [4.69, 9.17) is 13.9 Å². The van der Waals surface area contributed by atoms with Crippen LogP contribution in [-0.2, 0) is 9.59 Å².